The van der Waals surface area contributed by atoms with Crippen molar-refractivity contribution in [2.75, 3.05) is 12.9 Å². The van der Waals surface area contributed by atoms with Crippen LogP contribution in [0.15, 0.2) is 30.3 Å². The van der Waals surface area contributed by atoms with Gasteiger partial charge in [0.2, 0.25) is 0 Å². The van der Waals surface area contributed by atoms with Crippen LogP contribution in [0.4, 0.5) is 0 Å². The van der Waals surface area contributed by atoms with Crippen LogP contribution in [0.1, 0.15) is 57.5 Å². The largest absolute Gasteiger partial charge is 0.508 e. The molecule has 5 nitrogen and oxygen atoms in total. The molecule has 146 valence electrons. The number of allylic oxidation sites excluding steroid dienone is 1. The first-order valence-corrected chi connectivity index (χ1v) is 10.7. The van der Waals surface area contributed by atoms with Crippen LogP contribution in [0.2, 0.25) is 0 Å². The first-order valence-electron chi connectivity index (χ1n) is 9.08. The smallest absolute Gasteiger partial charge is 0.167 e. The molecule has 28 heavy (non-hydrogen) atoms. The third kappa shape index (κ3) is 2.41. The summed E-state index contributed by atoms with van der Waals surface area (Å²) in [6, 6.07) is 8.57. The summed E-state index contributed by atoms with van der Waals surface area (Å²) in [6.45, 7) is 0. The van der Waals surface area contributed by atoms with Crippen molar-refractivity contribution in [1.82, 2.24) is 0 Å². The molecule has 0 fully saturated rings. The highest BCUT2D eigenvalue weighted by molar-refractivity contribution is 9.08. The molecule has 0 heterocycles. The van der Waals surface area contributed by atoms with E-state index >= 15 is 0 Å². The standard InChI is InChI=1S/C21H18O5.CH3Br/c1-26-21-18-11-6-8-14(24)19-13(23)7-5-10(16(11)19)15(18)9-3-2-4-12(22)17(9)20(21)25;1-2/h2-4,6,8,18,20-22,24-25H,5,7H2,1H3;1H3/t18-,20-,21+;/m0./s1. The second-order valence-corrected chi connectivity index (χ2v) is 7.10. The molecule has 3 aliphatic rings. The van der Waals surface area contributed by atoms with Gasteiger partial charge in [0, 0.05) is 25.0 Å². The number of alkyl halides is 1. The Balaban J connectivity index is 0.000000932. The number of fused-ring (bicyclic) bond motifs is 4. The summed E-state index contributed by atoms with van der Waals surface area (Å²) in [6.07, 6.45) is -0.641. The topological polar surface area (TPSA) is 87.0 Å². The average molecular weight is 445 g/mol. The number of aliphatic hydroxyl groups is 1. The zero-order valence-corrected chi connectivity index (χ0v) is 17.2. The molecule has 0 unspecified atom stereocenters. The normalized spacial score (nSPS) is 24.1. The van der Waals surface area contributed by atoms with Crippen LogP contribution >= 0.6 is 15.9 Å². The van der Waals surface area contributed by atoms with Gasteiger partial charge in [-0.1, -0.05) is 34.1 Å². The van der Waals surface area contributed by atoms with E-state index in [2.05, 4.69) is 15.9 Å². The highest BCUT2D eigenvalue weighted by Gasteiger charge is 2.48. The number of ether oxygens (including phenoxy) is 1. The van der Waals surface area contributed by atoms with E-state index in [9.17, 15) is 20.1 Å². The highest BCUT2D eigenvalue weighted by Crippen LogP contribution is 2.60. The first kappa shape index (κ1) is 19.2. The summed E-state index contributed by atoms with van der Waals surface area (Å²) in [7, 11) is 1.54. The number of aliphatic hydroxyl groups excluding tert-OH is 1. The van der Waals surface area contributed by atoms with E-state index in [4.69, 9.17) is 4.74 Å². The van der Waals surface area contributed by atoms with Crippen molar-refractivity contribution in [3.63, 3.8) is 0 Å². The van der Waals surface area contributed by atoms with Crippen LogP contribution in [-0.2, 0) is 4.74 Å². The number of halogens is 1. The van der Waals surface area contributed by atoms with Crippen LogP contribution in [0.3, 0.4) is 0 Å². The maximum Gasteiger partial charge on any atom is 0.167 e. The van der Waals surface area contributed by atoms with Gasteiger partial charge in [-0.15, -0.1) is 0 Å². The monoisotopic (exact) mass is 444 g/mol. The first-order chi connectivity index (χ1) is 13.5. The van der Waals surface area contributed by atoms with Crippen molar-refractivity contribution in [1.29, 1.82) is 0 Å². The Hall–Kier alpha value is -2.15. The summed E-state index contributed by atoms with van der Waals surface area (Å²) >= 11 is 2.94. The fraction of sp³-hybridized carbons (Fsp3) is 0.318. The molecule has 0 bridgehead atoms. The molecule has 0 aliphatic heterocycles. The van der Waals surface area contributed by atoms with Gasteiger partial charge in [-0.3, -0.25) is 4.79 Å². The number of Topliss-reactive ketones (excluding diaryl/α,β-unsaturated/α-hetero) is 1. The van der Waals surface area contributed by atoms with Crippen LogP contribution in [0.5, 0.6) is 11.5 Å². The lowest BCUT2D eigenvalue weighted by atomic mass is 9.74. The SMILES string of the molecule is CBr.CO[C@@H]1[C@@H]2C(=C3CCC(=O)c4c(O)ccc2c43)c2cccc(O)c2[C@@H]1O. The summed E-state index contributed by atoms with van der Waals surface area (Å²) in [4.78, 5) is 12.4. The summed E-state index contributed by atoms with van der Waals surface area (Å²) in [5.74, 6) is 1.55. The van der Waals surface area contributed by atoms with E-state index in [1.807, 2.05) is 18.0 Å². The Morgan fingerprint density at radius 3 is 2.50 bits per heavy atom. The third-order valence-corrected chi connectivity index (χ3v) is 5.95. The van der Waals surface area contributed by atoms with Gasteiger partial charge in [0.15, 0.2) is 5.78 Å². The number of phenolic OH excluding ortho intramolecular Hbond substituents is 2. The van der Waals surface area contributed by atoms with Crippen LogP contribution in [0, 0.1) is 0 Å². The molecule has 0 aromatic heterocycles. The number of ketones is 1. The number of hydrogen-bond acceptors (Lipinski definition) is 5. The van der Waals surface area contributed by atoms with Crippen LogP contribution in [0.25, 0.3) is 11.1 Å². The highest BCUT2D eigenvalue weighted by atomic mass is 79.9. The van der Waals surface area contributed by atoms with E-state index in [1.165, 1.54) is 0 Å². The lowest BCUT2D eigenvalue weighted by molar-refractivity contribution is -0.0234. The average Bonchev–Trinajstić information content (AvgIpc) is 3.03. The van der Waals surface area contributed by atoms with Crippen molar-refractivity contribution in [3.8, 4) is 11.5 Å². The predicted octanol–water partition coefficient (Wildman–Crippen LogP) is 4.16. The van der Waals surface area contributed by atoms with E-state index in [0.29, 0.717) is 24.0 Å². The van der Waals surface area contributed by atoms with Gasteiger partial charge in [-0.2, -0.15) is 0 Å². The molecule has 3 atom stereocenters. The molecule has 0 saturated heterocycles. The quantitative estimate of drug-likeness (QED) is 0.574. The lowest BCUT2D eigenvalue weighted by Gasteiger charge is -2.37. The maximum absolute atomic E-state index is 12.4. The Labute approximate surface area is 171 Å². The zero-order valence-electron chi connectivity index (χ0n) is 15.6. The van der Waals surface area contributed by atoms with Gasteiger partial charge in [-0.25, -0.2) is 0 Å². The minimum Gasteiger partial charge on any atom is -0.508 e. The molecular formula is C22H21BrO5. The zero-order chi connectivity index (χ0) is 20.2. The third-order valence-electron chi connectivity index (χ3n) is 5.95. The number of rotatable bonds is 1. The van der Waals surface area contributed by atoms with Gasteiger partial charge in [-0.05, 0) is 52.2 Å². The Morgan fingerprint density at radius 2 is 1.79 bits per heavy atom. The Kier molecular flexibility index (Phi) is 4.81. The molecule has 2 aromatic rings. The fourth-order valence-corrected chi connectivity index (χ4v) is 4.96. The molecule has 5 rings (SSSR count). The van der Waals surface area contributed by atoms with E-state index in [0.717, 1.165) is 27.8 Å². The van der Waals surface area contributed by atoms with Crippen molar-refractivity contribution in [3.05, 3.63) is 58.1 Å². The number of hydrogen-bond donors (Lipinski definition) is 3. The summed E-state index contributed by atoms with van der Waals surface area (Å²) in [5, 5.41) is 31.5. The molecule has 0 radical (unpaired) electrons. The van der Waals surface area contributed by atoms with Crippen LogP contribution < -0.4 is 0 Å². The van der Waals surface area contributed by atoms with Crippen molar-refractivity contribution < 1.29 is 24.9 Å². The number of methoxy groups -OCH3 is 1. The summed E-state index contributed by atoms with van der Waals surface area (Å²) in [5.41, 5.74) is 5.31. The molecule has 2 aromatic carbocycles. The second kappa shape index (κ2) is 7.03. The predicted molar refractivity (Wildman–Crippen MR) is 110 cm³/mol. The molecule has 0 spiro atoms. The van der Waals surface area contributed by atoms with Gasteiger partial charge in [0.05, 0.1) is 11.7 Å². The van der Waals surface area contributed by atoms with Crippen molar-refractivity contribution in [2.24, 2.45) is 0 Å². The van der Waals surface area contributed by atoms with Crippen LogP contribution in [-0.4, -0.2) is 40.1 Å². The van der Waals surface area contributed by atoms with Gasteiger partial charge in [0.25, 0.3) is 0 Å². The second-order valence-electron chi connectivity index (χ2n) is 7.10. The number of benzene rings is 2. The molecule has 3 aliphatic carbocycles. The van der Waals surface area contributed by atoms with E-state index in [1.54, 1.807) is 25.3 Å². The maximum atomic E-state index is 12.4. The lowest BCUT2D eigenvalue weighted by Crippen LogP contribution is -2.33. The molecule has 0 amide bonds. The summed E-state index contributed by atoms with van der Waals surface area (Å²) < 4.78 is 5.65. The van der Waals surface area contributed by atoms with Gasteiger partial charge >= 0.3 is 0 Å². The van der Waals surface area contributed by atoms with E-state index in [-0.39, 0.29) is 23.2 Å². The van der Waals surface area contributed by atoms with Crippen molar-refractivity contribution >= 4 is 32.9 Å². The number of carbonyl (C=O) groups is 1. The minimum atomic E-state index is -0.981. The minimum absolute atomic E-state index is 0.00385. The molecule has 0 saturated carbocycles. The number of phenols is 2. The number of aromatic hydroxyl groups is 2. The van der Waals surface area contributed by atoms with Crippen molar-refractivity contribution in [2.45, 2.75) is 31.0 Å². The van der Waals surface area contributed by atoms with Gasteiger partial charge < -0.3 is 20.1 Å². The van der Waals surface area contributed by atoms with Gasteiger partial charge in [0.1, 0.15) is 17.6 Å². The Morgan fingerprint density at radius 1 is 1.04 bits per heavy atom. The molecule has 3 N–H and O–H groups in total. The Bertz CT molecular complexity index is 1010. The fourth-order valence-electron chi connectivity index (χ4n) is 4.96. The number of carbonyl (C=O) groups excluding carboxylic acids is 1. The molecule has 6 heteroatoms. The molecular weight excluding hydrogens is 424 g/mol. The van der Waals surface area contributed by atoms with E-state index < -0.39 is 12.2 Å².